The highest BCUT2D eigenvalue weighted by atomic mass is 16.2. The quantitative estimate of drug-likeness (QED) is 0.690. The molecule has 134 valence electrons. The van der Waals surface area contributed by atoms with Crippen LogP contribution in [0.15, 0.2) is 29.1 Å². The van der Waals surface area contributed by atoms with Crippen molar-refractivity contribution in [2.45, 2.75) is 39.2 Å². The molecule has 3 N–H and O–H groups in total. The van der Waals surface area contributed by atoms with Crippen LogP contribution in [0.4, 0.5) is 0 Å². The van der Waals surface area contributed by atoms with E-state index in [4.69, 9.17) is 0 Å². The highest BCUT2D eigenvalue weighted by Crippen LogP contribution is 2.23. The summed E-state index contributed by atoms with van der Waals surface area (Å²) in [5.41, 5.74) is 8.00. The summed E-state index contributed by atoms with van der Waals surface area (Å²) >= 11 is 0. The number of H-pyrrole nitrogens is 1. The molecular formula is C19H22N6O. The molecule has 1 fully saturated rings. The predicted octanol–water partition coefficient (Wildman–Crippen LogP) is 1.63. The fraction of sp³-hybridized carbons (Fsp3) is 0.368. The Morgan fingerprint density at radius 3 is 2.77 bits per heavy atom. The number of carbonyl (C=O) groups is 1. The van der Waals surface area contributed by atoms with Crippen LogP contribution in [0.1, 0.15) is 41.2 Å². The third-order valence-corrected chi connectivity index (χ3v) is 4.85. The first-order valence-corrected chi connectivity index (χ1v) is 8.92. The SMILES string of the molecule is Cc1[nH]c(C=C2C(=O)NN=C2c2ncccn2)c(C)c1CCNC1CC1. The van der Waals surface area contributed by atoms with Gasteiger partial charge in [0.2, 0.25) is 0 Å². The van der Waals surface area contributed by atoms with Gasteiger partial charge in [0.1, 0.15) is 5.71 Å². The molecule has 1 amide bonds. The van der Waals surface area contributed by atoms with Gasteiger partial charge >= 0.3 is 0 Å². The second-order valence-electron chi connectivity index (χ2n) is 6.78. The van der Waals surface area contributed by atoms with Crippen LogP contribution >= 0.6 is 0 Å². The molecule has 0 bridgehead atoms. The van der Waals surface area contributed by atoms with Crippen LogP contribution < -0.4 is 10.7 Å². The molecule has 0 spiro atoms. The zero-order chi connectivity index (χ0) is 18.1. The smallest absolute Gasteiger partial charge is 0.273 e. The number of rotatable bonds is 6. The molecule has 1 aliphatic carbocycles. The molecule has 1 aliphatic heterocycles. The third kappa shape index (κ3) is 3.30. The number of nitrogens with zero attached hydrogens (tertiary/aromatic N) is 3. The zero-order valence-corrected chi connectivity index (χ0v) is 15.0. The molecule has 0 atom stereocenters. The number of amides is 1. The fourth-order valence-electron chi connectivity index (χ4n) is 3.23. The average molecular weight is 350 g/mol. The van der Waals surface area contributed by atoms with Gasteiger partial charge in [-0.15, -0.1) is 0 Å². The lowest BCUT2D eigenvalue weighted by Gasteiger charge is -2.04. The van der Waals surface area contributed by atoms with E-state index >= 15 is 0 Å². The topological polar surface area (TPSA) is 95.1 Å². The molecule has 2 aromatic heterocycles. The van der Waals surface area contributed by atoms with Gasteiger partial charge in [0.25, 0.3) is 5.91 Å². The van der Waals surface area contributed by atoms with E-state index in [2.05, 4.69) is 44.6 Å². The Morgan fingerprint density at radius 1 is 1.27 bits per heavy atom. The van der Waals surface area contributed by atoms with Crippen molar-refractivity contribution >= 4 is 17.7 Å². The lowest BCUT2D eigenvalue weighted by molar-refractivity contribution is -0.116. The minimum absolute atomic E-state index is 0.240. The van der Waals surface area contributed by atoms with Gasteiger partial charge in [-0.3, -0.25) is 4.79 Å². The minimum atomic E-state index is -0.240. The van der Waals surface area contributed by atoms with Gasteiger partial charge in [-0.1, -0.05) is 0 Å². The summed E-state index contributed by atoms with van der Waals surface area (Å²) in [6.07, 6.45) is 8.68. The van der Waals surface area contributed by atoms with Crippen molar-refractivity contribution < 1.29 is 4.79 Å². The van der Waals surface area contributed by atoms with E-state index in [-0.39, 0.29) is 5.91 Å². The van der Waals surface area contributed by atoms with E-state index in [1.165, 1.54) is 24.0 Å². The van der Waals surface area contributed by atoms with Gasteiger partial charge < -0.3 is 10.3 Å². The Labute approximate surface area is 152 Å². The lowest BCUT2D eigenvalue weighted by atomic mass is 10.0. The summed E-state index contributed by atoms with van der Waals surface area (Å²) in [6, 6.07) is 2.45. The van der Waals surface area contributed by atoms with Crippen LogP contribution in [0.2, 0.25) is 0 Å². The second kappa shape index (κ2) is 6.84. The van der Waals surface area contributed by atoms with E-state index in [1.807, 2.05) is 6.08 Å². The number of carbonyl (C=O) groups excluding carboxylic acids is 1. The predicted molar refractivity (Wildman–Crippen MR) is 99.7 cm³/mol. The van der Waals surface area contributed by atoms with E-state index in [0.717, 1.165) is 24.4 Å². The van der Waals surface area contributed by atoms with E-state index in [1.54, 1.807) is 18.5 Å². The summed E-state index contributed by atoms with van der Waals surface area (Å²) in [6.45, 7) is 5.14. The van der Waals surface area contributed by atoms with E-state index in [0.29, 0.717) is 23.2 Å². The first-order chi connectivity index (χ1) is 12.6. The van der Waals surface area contributed by atoms with Crippen LogP contribution in [0, 0.1) is 13.8 Å². The summed E-state index contributed by atoms with van der Waals surface area (Å²) in [7, 11) is 0. The Bertz CT molecular complexity index is 892. The fourth-order valence-corrected chi connectivity index (χ4v) is 3.23. The Kier molecular flexibility index (Phi) is 4.38. The Balaban J connectivity index is 1.60. The average Bonchev–Trinajstić information content (AvgIpc) is 3.35. The molecule has 0 radical (unpaired) electrons. The number of aromatic nitrogens is 3. The van der Waals surface area contributed by atoms with Crippen LogP contribution in [0.25, 0.3) is 6.08 Å². The Hall–Kier alpha value is -2.80. The first-order valence-electron chi connectivity index (χ1n) is 8.92. The van der Waals surface area contributed by atoms with Gasteiger partial charge in [-0.25, -0.2) is 15.4 Å². The van der Waals surface area contributed by atoms with Crippen molar-refractivity contribution in [3.63, 3.8) is 0 Å². The van der Waals surface area contributed by atoms with Crippen LogP contribution in [0.3, 0.4) is 0 Å². The summed E-state index contributed by atoms with van der Waals surface area (Å²) < 4.78 is 0. The van der Waals surface area contributed by atoms with Gasteiger partial charge in [0, 0.05) is 29.8 Å². The molecule has 0 saturated heterocycles. The molecule has 7 nitrogen and oxygen atoms in total. The van der Waals surface area contributed by atoms with Gasteiger partial charge in [-0.05, 0) is 62.9 Å². The first kappa shape index (κ1) is 16.7. The molecule has 3 heterocycles. The van der Waals surface area contributed by atoms with Crippen molar-refractivity contribution in [3.05, 3.63) is 52.4 Å². The number of hydrogen-bond acceptors (Lipinski definition) is 5. The molecule has 7 heteroatoms. The van der Waals surface area contributed by atoms with Crippen LogP contribution in [0.5, 0.6) is 0 Å². The summed E-state index contributed by atoms with van der Waals surface area (Å²) in [4.78, 5) is 24.1. The van der Waals surface area contributed by atoms with Gasteiger partial charge in [0.15, 0.2) is 5.82 Å². The lowest BCUT2D eigenvalue weighted by Crippen LogP contribution is -2.19. The molecule has 4 rings (SSSR count). The maximum atomic E-state index is 12.2. The largest absolute Gasteiger partial charge is 0.359 e. The number of hydrazone groups is 1. The zero-order valence-electron chi connectivity index (χ0n) is 15.0. The molecule has 2 aromatic rings. The van der Waals surface area contributed by atoms with Gasteiger partial charge in [0.05, 0.1) is 5.57 Å². The Morgan fingerprint density at radius 2 is 2.04 bits per heavy atom. The van der Waals surface area contributed by atoms with Crippen molar-refractivity contribution in [1.29, 1.82) is 0 Å². The maximum absolute atomic E-state index is 12.2. The molecule has 2 aliphatic rings. The van der Waals surface area contributed by atoms with Crippen LogP contribution in [-0.2, 0) is 11.2 Å². The van der Waals surface area contributed by atoms with E-state index < -0.39 is 0 Å². The molecule has 26 heavy (non-hydrogen) atoms. The van der Waals surface area contributed by atoms with Crippen LogP contribution in [-0.4, -0.2) is 39.2 Å². The minimum Gasteiger partial charge on any atom is -0.359 e. The normalized spacial score (nSPS) is 18.3. The van der Waals surface area contributed by atoms with E-state index in [9.17, 15) is 4.79 Å². The highest BCUT2D eigenvalue weighted by molar-refractivity contribution is 6.32. The maximum Gasteiger partial charge on any atom is 0.273 e. The van der Waals surface area contributed by atoms with Gasteiger partial charge in [-0.2, -0.15) is 5.10 Å². The monoisotopic (exact) mass is 350 g/mol. The summed E-state index contributed by atoms with van der Waals surface area (Å²) in [5, 5.41) is 7.65. The third-order valence-electron chi connectivity index (χ3n) is 4.85. The van der Waals surface area contributed by atoms with Crippen molar-refractivity contribution in [2.24, 2.45) is 5.10 Å². The summed E-state index contributed by atoms with van der Waals surface area (Å²) in [5.74, 6) is 0.197. The highest BCUT2D eigenvalue weighted by Gasteiger charge is 2.26. The van der Waals surface area contributed by atoms with Crippen molar-refractivity contribution in [2.75, 3.05) is 6.54 Å². The molecule has 0 aromatic carbocycles. The standard InChI is InChI=1S/C19H22N6O/c1-11-14(6-9-20-13-4-5-13)12(2)23-16(11)10-15-17(24-25-19(15)26)18-21-7-3-8-22-18/h3,7-8,10,13,20,23H,4-6,9H2,1-2H3,(H,25,26). The number of hydrogen-bond donors (Lipinski definition) is 3. The molecular weight excluding hydrogens is 328 g/mol. The molecule has 0 unspecified atom stereocenters. The molecule has 1 saturated carbocycles. The number of aromatic amines is 1. The van der Waals surface area contributed by atoms with Crippen molar-refractivity contribution in [3.8, 4) is 0 Å². The second-order valence-corrected chi connectivity index (χ2v) is 6.78. The number of nitrogens with one attached hydrogen (secondary N) is 3. The number of aryl methyl sites for hydroxylation is 1. The van der Waals surface area contributed by atoms with Crippen molar-refractivity contribution in [1.82, 2.24) is 25.7 Å².